The predicted molar refractivity (Wildman–Crippen MR) is 109 cm³/mol. The van der Waals surface area contributed by atoms with Crippen molar-refractivity contribution in [2.75, 3.05) is 62.5 Å². The van der Waals surface area contributed by atoms with Gasteiger partial charge in [0.2, 0.25) is 6.41 Å². The minimum atomic E-state index is -0.252. The maximum absolute atomic E-state index is 12.9. The van der Waals surface area contributed by atoms with Crippen molar-refractivity contribution < 1.29 is 14.3 Å². The Morgan fingerprint density at radius 3 is 2.61 bits per heavy atom. The normalized spacial score (nSPS) is 13.8. The summed E-state index contributed by atoms with van der Waals surface area (Å²) < 4.78 is 5.42. The third-order valence-corrected chi connectivity index (χ3v) is 4.71. The second kappa shape index (κ2) is 8.60. The topological polar surface area (TPSA) is 78.0 Å². The van der Waals surface area contributed by atoms with E-state index in [-0.39, 0.29) is 5.91 Å². The Hall–Kier alpha value is -3.29. The largest absolute Gasteiger partial charge is 0.495 e. The molecule has 3 rings (SSSR count). The van der Waals surface area contributed by atoms with E-state index < -0.39 is 0 Å². The number of carbonyl (C=O) groups excluding carboxylic acids is 2. The Bertz CT molecular complexity index is 847. The number of nitrogens with one attached hydrogen (secondary N) is 1. The van der Waals surface area contributed by atoms with Crippen LogP contribution in [0.5, 0.6) is 5.75 Å². The summed E-state index contributed by atoms with van der Waals surface area (Å²) in [6.45, 7) is 2.84. The maximum atomic E-state index is 12.9. The van der Waals surface area contributed by atoms with E-state index in [2.05, 4.69) is 15.2 Å². The zero-order valence-electron chi connectivity index (χ0n) is 16.4. The molecule has 148 valence electrons. The number of anilines is 3. The first kappa shape index (κ1) is 19.5. The first-order valence-corrected chi connectivity index (χ1v) is 9.09. The van der Waals surface area contributed by atoms with Gasteiger partial charge in [0.25, 0.3) is 5.91 Å². The number of amides is 2. The third-order valence-electron chi connectivity index (χ3n) is 4.71. The number of hydrogen-bond acceptors (Lipinski definition) is 6. The summed E-state index contributed by atoms with van der Waals surface area (Å²) in [5.41, 5.74) is 2.05. The lowest BCUT2D eigenvalue weighted by atomic mass is 10.2. The highest BCUT2D eigenvalue weighted by Crippen LogP contribution is 2.31. The van der Waals surface area contributed by atoms with Crippen molar-refractivity contribution in [3.05, 3.63) is 42.1 Å². The van der Waals surface area contributed by atoms with E-state index in [1.807, 2.05) is 32.3 Å². The molecule has 1 fully saturated rings. The maximum Gasteiger partial charge on any atom is 0.259 e. The standard InChI is InChI=1S/C20H25N5O3/c1-23(2)19-16(5-4-8-21-19)20(27)22-17-13-15(6-7-18(17)28-3)25-11-9-24(14-26)10-12-25/h4-8,13-14H,9-12H2,1-3H3,(H,22,27). The molecule has 0 atom stereocenters. The van der Waals surface area contributed by atoms with Gasteiger partial charge in [-0.3, -0.25) is 9.59 Å². The van der Waals surface area contributed by atoms with Crippen molar-refractivity contribution in [2.45, 2.75) is 0 Å². The molecule has 1 N–H and O–H groups in total. The highest BCUT2D eigenvalue weighted by molar-refractivity contribution is 6.08. The van der Waals surface area contributed by atoms with Gasteiger partial charge in [0, 0.05) is 52.2 Å². The van der Waals surface area contributed by atoms with Crippen molar-refractivity contribution in [2.24, 2.45) is 0 Å². The highest BCUT2D eigenvalue weighted by atomic mass is 16.5. The number of carbonyl (C=O) groups is 2. The minimum absolute atomic E-state index is 0.252. The third kappa shape index (κ3) is 4.16. The number of piperazine rings is 1. The fourth-order valence-corrected chi connectivity index (χ4v) is 3.20. The second-order valence-electron chi connectivity index (χ2n) is 6.74. The molecule has 28 heavy (non-hydrogen) atoms. The van der Waals surface area contributed by atoms with Gasteiger partial charge in [-0.25, -0.2) is 4.98 Å². The van der Waals surface area contributed by atoms with Crippen LogP contribution in [0.25, 0.3) is 0 Å². The van der Waals surface area contributed by atoms with Crippen LogP contribution in [0.3, 0.4) is 0 Å². The molecule has 0 spiro atoms. The first-order chi connectivity index (χ1) is 13.5. The molecule has 2 heterocycles. The van der Waals surface area contributed by atoms with Gasteiger partial charge in [-0.1, -0.05) is 0 Å². The molecule has 0 saturated carbocycles. The molecule has 2 amide bonds. The number of pyridine rings is 1. The zero-order chi connectivity index (χ0) is 20.1. The van der Waals surface area contributed by atoms with Crippen molar-refractivity contribution in [3.8, 4) is 5.75 Å². The minimum Gasteiger partial charge on any atom is -0.495 e. The number of aromatic nitrogens is 1. The van der Waals surface area contributed by atoms with Gasteiger partial charge in [-0.05, 0) is 30.3 Å². The molecular weight excluding hydrogens is 358 g/mol. The summed E-state index contributed by atoms with van der Waals surface area (Å²) in [7, 11) is 5.27. The number of hydrogen-bond donors (Lipinski definition) is 1. The molecule has 8 nitrogen and oxygen atoms in total. The van der Waals surface area contributed by atoms with E-state index in [4.69, 9.17) is 4.74 Å². The van der Waals surface area contributed by atoms with Gasteiger partial charge in [-0.2, -0.15) is 0 Å². The first-order valence-electron chi connectivity index (χ1n) is 9.09. The van der Waals surface area contributed by atoms with Crippen LogP contribution in [-0.2, 0) is 4.79 Å². The number of rotatable bonds is 6. The van der Waals surface area contributed by atoms with E-state index in [0.29, 0.717) is 35.9 Å². The van der Waals surface area contributed by atoms with Crippen LogP contribution in [0.2, 0.25) is 0 Å². The van der Waals surface area contributed by atoms with Gasteiger partial charge in [0.15, 0.2) is 0 Å². The van der Waals surface area contributed by atoms with Crippen LogP contribution in [-0.4, -0.2) is 69.6 Å². The molecule has 2 aromatic rings. The molecule has 0 unspecified atom stereocenters. The SMILES string of the molecule is COc1ccc(N2CCN(C=O)CC2)cc1NC(=O)c1cccnc1N(C)C. The number of methoxy groups -OCH3 is 1. The number of benzene rings is 1. The van der Waals surface area contributed by atoms with E-state index in [1.54, 1.807) is 35.2 Å². The lowest BCUT2D eigenvalue weighted by Gasteiger charge is -2.34. The number of ether oxygens (including phenoxy) is 1. The molecule has 1 saturated heterocycles. The summed E-state index contributed by atoms with van der Waals surface area (Å²) in [6.07, 6.45) is 2.54. The molecule has 0 aliphatic carbocycles. The Labute approximate surface area is 164 Å². The van der Waals surface area contributed by atoms with Gasteiger partial charge in [-0.15, -0.1) is 0 Å². The molecular formula is C20H25N5O3. The predicted octanol–water partition coefficient (Wildman–Crippen LogP) is 1.69. The number of nitrogens with zero attached hydrogens (tertiary/aromatic N) is 4. The fourth-order valence-electron chi connectivity index (χ4n) is 3.20. The Balaban J connectivity index is 1.83. The lowest BCUT2D eigenvalue weighted by Crippen LogP contribution is -2.45. The zero-order valence-corrected chi connectivity index (χ0v) is 16.4. The van der Waals surface area contributed by atoms with Crippen LogP contribution in [0.15, 0.2) is 36.5 Å². The Kier molecular flexibility index (Phi) is 5.98. The summed E-state index contributed by atoms with van der Waals surface area (Å²) in [6, 6.07) is 9.18. The highest BCUT2D eigenvalue weighted by Gasteiger charge is 2.19. The van der Waals surface area contributed by atoms with Gasteiger partial charge in [0.1, 0.15) is 11.6 Å². The average molecular weight is 383 g/mol. The average Bonchev–Trinajstić information content (AvgIpc) is 2.73. The monoisotopic (exact) mass is 383 g/mol. The van der Waals surface area contributed by atoms with Crippen LogP contribution in [0.4, 0.5) is 17.2 Å². The van der Waals surface area contributed by atoms with Crippen LogP contribution >= 0.6 is 0 Å². The van der Waals surface area contributed by atoms with Gasteiger partial charge >= 0.3 is 0 Å². The van der Waals surface area contributed by atoms with E-state index in [9.17, 15) is 9.59 Å². The molecule has 0 bridgehead atoms. The molecule has 1 aliphatic rings. The van der Waals surface area contributed by atoms with Crippen molar-refractivity contribution >= 4 is 29.5 Å². The smallest absolute Gasteiger partial charge is 0.259 e. The van der Waals surface area contributed by atoms with E-state index in [1.165, 1.54) is 0 Å². The van der Waals surface area contributed by atoms with Crippen molar-refractivity contribution in [1.82, 2.24) is 9.88 Å². The van der Waals surface area contributed by atoms with Gasteiger partial charge in [0.05, 0.1) is 18.4 Å². The summed E-state index contributed by atoms with van der Waals surface area (Å²) in [5, 5.41) is 2.95. The van der Waals surface area contributed by atoms with Crippen LogP contribution in [0.1, 0.15) is 10.4 Å². The lowest BCUT2D eigenvalue weighted by molar-refractivity contribution is -0.118. The fraction of sp³-hybridized carbons (Fsp3) is 0.350. The molecule has 1 aliphatic heterocycles. The molecule has 1 aromatic carbocycles. The molecule has 1 aromatic heterocycles. The van der Waals surface area contributed by atoms with Crippen molar-refractivity contribution in [1.29, 1.82) is 0 Å². The second-order valence-corrected chi connectivity index (χ2v) is 6.74. The Morgan fingerprint density at radius 2 is 1.96 bits per heavy atom. The van der Waals surface area contributed by atoms with Crippen molar-refractivity contribution in [3.63, 3.8) is 0 Å². The summed E-state index contributed by atoms with van der Waals surface area (Å²) >= 11 is 0. The van der Waals surface area contributed by atoms with Crippen LogP contribution < -0.4 is 19.9 Å². The quantitative estimate of drug-likeness (QED) is 0.765. The summed E-state index contributed by atoms with van der Waals surface area (Å²) in [4.78, 5) is 33.8. The summed E-state index contributed by atoms with van der Waals surface area (Å²) in [5.74, 6) is 0.928. The van der Waals surface area contributed by atoms with E-state index >= 15 is 0 Å². The van der Waals surface area contributed by atoms with Gasteiger partial charge < -0.3 is 24.8 Å². The molecule has 8 heteroatoms. The Morgan fingerprint density at radius 1 is 1.21 bits per heavy atom. The van der Waals surface area contributed by atoms with Crippen LogP contribution in [0, 0.1) is 0 Å². The van der Waals surface area contributed by atoms with E-state index in [0.717, 1.165) is 25.2 Å². The molecule has 0 radical (unpaired) electrons.